The van der Waals surface area contributed by atoms with Gasteiger partial charge in [-0.05, 0) is 34.5 Å². The van der Waals surface area contributed by atoms with E-state index in [-0.39, 0.29) is 0 Å². The van der Waals surface area contributed by atoms with Crippen LogP contribution in [0.15, 0.2) is 27.9 Å². The Bertz CT molecular complexity index is 863. The fourth-order valence-electron chi connectivity index (χ4n) is 2.29. The van der Waals surface area contributed by atoms with E-state index in [0.717, 1.165) is 17.3 Å². The molecule has 0 amide bonds. The Morgan fingerprint density at radius 2 is 2.00 bits per heavy atom. The Morgan fingerprint density at radius 1 is 1.19 bits per heavy atom. The smallest absolute Gasteiger partial charge is 0.237 e. The van der Waals surface area contributed by atoms with Crippen LogP contribution < -0.4 is 9.47 Å². The van der Waals surface area contributed by atoms with Crippen LogP contribution in [-0.4, -0.2) is 44.6 Å². The second-order valence-electron chi connectivity index (χ2n) is 5.91. The Hall–Kier alpha value is -2.62. The maximum absolute atomic E-state index is 5.34. The number of ether oxygens (including phenoxy) is 2. The van der Waals surface area contributed by atoms with Crippen LogP contribution in [0.2, 0.25) is 0 Å². The Labute approximate surface area is 155 Å². The van der Waals surface area contributed by atoms with Gasteiger partial charge in [-0.1, -0.05) is 30.8 Å². The van der Waals surface area contributed by atoms with E-state index in [9.17, 15) is 0 Å². The highest BCUT2D eigenvalue weighted by Gasteiger charge is 2.14. The van der Waals surface area contributed by atoms with Gasteiger partial charge in [-0.25, -0.2) is 4.68 Å². The molecule has 0 radical (unpaired) electrons. The minimum absolute atomic E-state index is 0.456. The fourth-order valence-corrected chi connectivity index (χ4v) is 3.02. The lowest BCUT2D eigenvalue weighted by molar-refractivity contribution is 0.355. The standard InChI is InChI=1S/C16H20N6O3S/c1-10(2)8-22-16(18-20-21-22)26-9-14-17-15(19-25-14)11-5-6-12(23-3)13(7-11)24-4/h5-7,10H,8-9H2,1-4H3. The molecule has 1 aromatic carbocycles. The second-order valence-corrected chi connectivity index (χ2v) is 6.85. The van der Waals surface area contributed by atoms with Crippen molar-refractivity contribution in [2.45, 2.75) is 31.3 Å². The monoisotopic (exact) mass is 376 g/mol. The van der Waals surface area contributed by atoms with Gasteiger partial charge in [0.05, 0.1) is 20.0 Å². The summed E-state index contributed by atoms with van der Waals surface area (Å²) in [4.78, 5) is 4.43. The molecule has 10 heteroatoms. The van der Waals surface area contributed by atoms with Gasteiger partial charge in [0, 0.05) is 12.1 Å². The Balaban J connectivity index is 1.70. The molecule has 0 N–H and O–H groups in total. The summed E-state index contributed by atoms with van der Waals surface area (Å²) in [6.45, 7) is 4.99. The van der Waals surface area contributed by atoms with Crippen molar-refractivity contribution in [2.75, 3.05) is 14.2 Å². The quantitative estimate of drug-likeness (QED) is 0.549. The average Bonchev–Trinajstić information content (AvgIpc) is 3.28. The van der Waals surface area contributed by atoms with E-state index < -0.39 is 0 Å². The van der Waals surface area contributed by atoms with Crippen LogP contribution in [0, 0.1) is 5.92 Å². The minimum atomic E-state index is 0.456. The molecule has 0 aliphatic rings. The molecule has 0 atom stereocenters. The lowest BCUT2D eigenvalue weighted by Gasteiger charge is -2.07. The molecule has 138 valence electrons. The number of nitrogens with zero attached hydrogens (tertiary/aromatic N) is 6. The zero-order valence-electron chi connectivity index (χ0n) is 15.0. The predicted molar refractivity (Wildman–Crippen MR) is 95.1 cm³/mol. The van der Waals surface area contributed by atoms with Crippen molar-refractivity contribution in [2.24, 2.45) is 5.92 Å². The van der Waals surface area contributed by atoms with E-state index in [1.165, 1.54) is 11.8 Å². The number of thioether (sulfide) groups is 1. The molecular weight excluding hydrogens is 356 g/mol. The van der Waals surface area contributed by atoms with E-state index >= 15 is 0 Å². The Morgan fingerprint density at radius 3 is 2.73 bits per heavy atom. The number of rotatable bonds is 8. The van der Waals surface area contributed by atoms with Crippen LogP contribution in [0.4, 0.5) is 0 Å². The highest BCUT2D eigenvalue weighted by atomic mass is 32.2. The van der Waals surface area contributed by atoms with Gasteiger partial charge < -0.3 is 14.0 Å². The topological polar surface area (TPSA) is 101 Å². The molecule has 0 fully saturated rings. The maximum atomic E-state index is 5.34. The maximum Gasteiger partial charge on any atom is 0.237 e. The molecule has 0 aliphatic heterocycles. The molecule has 0 spiro atoms. The molecule has 2 aromatic heterocycles. The predicted octanol–water partition coefficient (Wildman–Crippen LogP) is 2.69. The third kappa shape index (κ3) is 4.13. The van der Waals surface area contributed by atoms with E-state index in [0.29, 0.717) is 34.9 Å². The molecule has 0 saturated heterocycles. The molecule has 9 nitrogen and oxygen atoms in total. The van der Waals surface area contributed by atoms with Gasteiger partial charge in [0.15, 0.2) is 11.5 Å². The molecular formula is C16H20N6O3S. The first-order valence-corrected chi connectivity index (χ1v) is 9.03. The summed E-state index contributed by atoms with van der Waals surface area (Å²) < 4.78 is 17.7. The lowest BCUT2D eigenvalue weighted by Crippen LogP contribution is -2.07. The third-order valence-electron chi connectivity index (χ3n) is 3.47. The molecule has 3 aromatic rings. The van der Waals surface area contributed by atoms with E-state index in [1.54, 1.807) is 25.0 Å². The van der Waals surface area contributed by atoms with Crippen LogP contribution in [0.1, 0.15) is 19.7 Å². The highest BCUT2D eigenvalue weighted by Crippen LogP contribution is 2.31. The van der Waals surface area contributed by atoms with Crippen molar-refractivity contribution in [3.8, 4) is 22.9 Å². The number of tetrazole rings is 1. The summed E-state index contributed by atoms with van der Waals surface area (Å²) in [6, 6.07) is 5.47. The summed E-state index contributed by atoms with van der Waals surface area (Å²) in [5.41, 5.74) is 0.785. The average molecular weight is 376 g/mol. The summed E-state index contributed by atoms with van der Waals surface area (Å²) >= 11 is 1.46. The normalized spacial score (nSPS) is 11.1. The van der Waals surface area contributed by atoms with Crippen molar-refractivity contribution in [3.63, 3.8) is 0 Å². The first kappa shape index (κ1) is 18.2. The third-order valence-corrected chi connectivity index (χ3v) is 4.41. The molecule has 26 heavy (non-hydrogen) atoms. The van der Waals surface area contributed by atoms with Gasteiger partial charge in [0.25, 0.3) is 0 Å². The number of hydrogen-bond donors (Lipinski definition) is 0. The Kier molecular flexibility index (Phi) is 5.71. The van der Waals surface area contributed by atoms with Crippen molar-refractivity contribution < 1.29 is 14.0 Å². The molecule has 0 bridgehead atoms. The van der Waals surface area contributed by atoms with E-state index in [1.807, 2.05) is 12.1 Å². The van der Waals surface area contributed by atoms with Gasteiger partial charge in [-0.2, -0.15) is 4.98 Å². The van der Waals surface area contributed by atoms with Crippen LogP contribution in [0.25, 0.3) is 11.4 Å². The van der Waals surface area contributed by atoms with Crippen LogP contribution >= 0.6 is 11.8 Å². The van der Waals surface area contributed by atoms with Crippen molar-refractivity contribution in [1.29, 1.82) is 0 Å². The van der Waals surface area contributed by atoms with Crippen LogP contribution in [-0.2, 0) is 12.3 Å². The SMILES string of the molecule is COc1ccc(-c2noc(CSc3nnnn3CC(C)C)n2)cc1OC. The lowest BCUT2D eigenvalue weighted by atomic mass is 10.2. The summed E-state index contributed by atoms with van der Waals surface area (Å²) in [5.74, 6) is 3.19. The molecule has 0 saturated carbocycles. The van der Waals surface area contributed by atoms with Crippen molar-refractivity contribution >= 4 is 11.8 Å². The zero-order valence-corrected chi connectivity index (χ0v) is 15.9. The highest BCUT2D eigenvalue weighted by molar-refractivity contribution is 7.98. The minimum Gasteiger partial charge on any atom is -0.493 e. The first-order chi connectivity index (χ1) is 12.6. The summed E-state index contributed by atoms with van der Waals surface area (Å²) in [6.07, 6.45) is 0. The van der Waals surface area contributed by atoms with Crippen molar-refractivity contribution in [1.82, 2.24) is 30.3 Å². The van der Waals surface area contributed by atoms with Gasteiger partial charge in [-0.3, -0.25) is 0 Å². The van der Waals surface area contributed by atoms with Gasteiger partial charge in [0.2, 0.25) is 16.9 Å². The number of aromatic nitrogens is 6. The summed E-state index contributed by atoms with van der Waals surface area (Å²) in [5, 5.41) is 16.5. The molecule has 0 aliphatic carbocycles. The van der Waals surface area contributed by atoms with Gasteiger partial charge in [-0.15, -0.1) is 5.10 Å². The van der Waals surface area contributed by atoms with E-state index in [2.05, 4.69) is 39.5 Å². The number of benzene rings is 1. The second kappa shape index (κ2) is 8.17. The van der Waals surface area contributed by atoms with Crippen LogP contribution in [0.5, 0.6) is 11.5 Å². The zero-order chi connectivity index (χ0) is 18.5. The fraction of sp³-hybridized carbons (Fsp3) is 0.438. The van der Waals surface area contributed by atoms with Gasteiger partial charge in [0.1, 0.15) is 0 Å². The number of hydrogen-bond acceptors (Lipinski definition) is 9. The first-order valence-electron chi connectivity index (χ1n) is 8.04. The van der Waals surface area contributed by atoms with Gasteiger partial charge >= 0.3 is 0 Å². The number of methoxy groups -OCH3 is 2. The molecule has 0 unspecified atom stereocenters. The van der Waals surface area contributed by atoms with Crippen molar-refractivity contribution in [3.05, 3.63) is 24.1 Å². The molecule has 2 heterocycles. The molecule has 3 rings (SSSR count). The summed E-state index contributed by atoms with van der Waals surface area (Å²) in [7, 11) is 3.18. The largest absolute Gasteiger partial charge is 0.493 e. The van der Waals surface area contributed by atoms with Crippen LogP contribution in [0.3, 0.4) is 0 Å². The van der Waals surface area contributed by atoms with E-state index in [4.69, 9.17) is 14.0 Å².